The van der Waals surface area contributed by atoms with Gasteiger partial charge in [0.15, 0.2) is 0 Å². The Morgan fingerprint density at radius 2 is 0.930 bits per heavy atom. The van der Waals surface area contributed by atoms with Crippen LogP contribution in [0.2, 0.25) is 0 Å². The zero-order valence-corrected chi connectivity index (χ0v) is 23.1. The molecule has 1 N–H and O–H groups in total. The van der Waals surface area contributed by atoms with Crippen LogP contribution >= 0.6 is 0 Å². The van der Waals surface area contributed by atoms with Crippen molar-refractivity contribution in [3.8, 4) is 0 Å². The fourth-order valence-electron chi connectivity index (χ4n) is 4.52. The van der Waals surface area contributed by atoms with Crippen molar-refractivity contribution in [2.24, 2.45) is 23.2 Å². The molecule has 0 aliphatic carbocycles. The molecule has 0 rings (SSSR count). The van der Waals surface area contributed by atoms with Gasteiger partial charge in [0.25, 0.3) is 5.92 Å². The van der Waals surface area contributed by atoms with Crippen LogP contribution in [0.5, 0.6) is 0 Å². The third kappa shape index (κ3) is 12.9. The van der Waals surface area contributed by atoms with Crippen molar-refractivity contribution in [2.45, 2.75) is 127 Å². The Bertz CT molecular complexity index is 840. The van der Waals surface area contributed by atoms with Crippen LogP contribution in [0.15, 0.2) is 0 Å². The smallest absolute Gasteiger partial charge is 0.390 e. The predicted octanol–water partition coefficient (Wildman–Crippen LogP) is 10.9. The quantitative estimate of drug-likeness (QED) is 0.181. The molecule has 0 aromatic heterocycles. The van der Waals surface area contributed by atoms with E-state index in [1.807, 2.05) is 0 Å². The molecule has 1 nitrogen and oxygen atoms in total. The zero-order valence-electron chi connectivity index (χ0n) is 23.1. The number of hydrogen-bond acceptors (Lipinski definition) is 1. The second-order valence-corrected chi connectivity index (χ2v) is 12.1. The van der Waals surface area contributed by atoms with Crippen LogP contribution in [0, 0.1) is 23.2 Å². The fraction of sp³-hybridized carbons (Fsp3) is 1.00. The highest BCUT2D eigenvalue weighted by atomic mass is 19.4. The van der Waals surface area contributed by atoms with Crippen LogP contribution in [-0.4, -0.2) is 53.2 Å². The topological polar surface area (TPSA) is 20.2 Å². The SMILES string of the molecule is CC(C)(O)CCC(C)(C)C(CC(CC(CCCC(F)(F)CC(F)(C(F)(F)F)C(F)(F)F)C(F)(F)F)C(F)(F)F)C(F)(F)F. The largest absolute Gasteiger partial charge is 0.431 e. The van der Waals surface area contributed by atoms with Gasteiger partial charge >= 0.3 is 36.6 Å². The van der Waals surface area contributed by atoms with Gasteiger partial charge in [0, 0.05) is 6.42 Å². The normalized spacial score (nSPS) is 17.7. The Morgan fingerprint density at radius 1 is 0.512 bits per heavy atom. The first-order valence-corrected chi connectivity index (χ1v) is 12.6. The zero-order chi connectivity index (χ0) is 34.9. The van der Waals surface area contributed by atoms with Gasteiger partial charge in [-0.15, -0.1) is 0 Å². The minimum atomic E-state index is -6.90. The highest BCUT2D eigenvalue weighted by Gasteiger charge is 2.74. The molecule has 0 radical (unpaired) electrons. The molecule has 0 aliphatic heterocycles. The second-order valence-electron chi connectivity index (χ2n) is 12.1. The molecule has 0 aromatic carbocycles. The lowest BCUT2D eigenvalue weighted by molar-refractivity contribution is -0.354. The van der Waals surface area contributed by atoms with Crippen molar-refractivity contribution < 1.29 is 84.1 Å². The highest BCUT2D eigenvalue weighted by Crippen LogP contribution is 2.53. The van der Waals surface area contributed by atoms with Crippen LogP contribution < -0.4 is 0 Å². The van der Waals surface area contributed by atoms with Crippen molar-refractivity contribution >= 4 is 0 Å². The number of alkyl halides is 18. The monoisotopic (exact) mass is 678 g/mol. The van der Waals surface area contributed by atoms with E-state index in [1.54, 1.807) is 0 Å². The summed E-state index contributed by atoms with van der Waals surface area (Å²) in [6.45, 7) is 4.17. The van der Waals surface area contributed by atoms with Crippen molar-refractivity contribution in [1.29, 1.82) is 0 Å². The molecule has 260 valence electrons. The summed E-state index contributed by atoms with van der Waals surface area (Å²) in [5.74, 6) is -14.7. The number of hydrogen-bond donors (Lipinski definition) is 1. The minimum Gasteiger partial charge on any atom is -0.390 e. The minimum absolute atomic E-state index is 0.342. The molecule has 0 amide bonds. The third-order valence-electron chi connectivity index (χ3n) is 7.23. The lowest BCUT2D eigenvalue weighted by Gasteiger charge is -2.40. The van der Waals surface area contributed by atoms with Crippen LogP contribution in [0.4, 0.5) is 79.0 Å². The molecular formula is C24H32F18O. The summed E-state index contributed by atoms with van der Waals surface area (Å²) >= 11 is 0. The number of aliphatic hydroxyl groups is 1. The average Bonchev–Trinajstić information content (AvgIpc) is 2.68. The molecule has 0 aliphatic rings. The van der Waals surface area contributed by atoms with Crippen molar-refractivity contribution in [2.75, 3.05) is 0 Å². The Balaban J connectivity index is 6.06. The number of halogens is 18. The Labute approximate surface area is 235 Å². The third-order valence-corrected chi connectivity index (χ3v) is 7.23. The summed E-state index contributed by atoms with van der Waals surface area (Å²) in [4.78, 5) is 0. The first-order chi connectivity index (χ1) is 18.5. The van der Waals surface area contributed by atoms with Gasteiger partial charge in [-0.3, -0.25) is 0 Å². The molecule has 3 unspecified atom stereocenters. The molecule has 0 spiro atoms. The molecule has 3 atom stereocenters. The van der Waals surface area contributed by atoms with Gasteiger partial charge in [-0.05, 0) is 57.8 Å². The number of rotatable bonds is 14. The van der Waals surface area contributed by atoms with Crippen LogP contribution in [0.3, 0.4) is 0 Å². The molecular weight excluding hydrogens is 646 g/mol. The summed E-state index contributed by atoms with van der Waals surface area (Å²) in [6.07, 6.45) is -44.6. The first-order valence-electron chi connectivity index (χ1n) is 12.6. The molecule has 0 saturated carbocycles. The van der Waals surface area contributed by atoms with E-state index in [0.717, 1.165) is 13.8 Å². The molecule has 0 heterocycles. The van der Waals surface area contributed by atoms with E-state index in [0.29, 0.717) is 0 Å². The van der Waals surface area contributed by atoms with Crippen molar-refractivity contribution in [3.63, 3.8) is 0 Å². The van der Waals surface area contributed by atoms with E-state index >= 15 is 0 Å². The Morgan fingerprint density at radius 3 is 1.26 bits per heavy atom. The molecule has 19 heteroatoms. The van der Waals surface area contributed by atoms with Crippen LogP contribution in [-0.2, 0) is 0 Å². The van der Waals surface area contributed by atoms with Gasteiger partial charge in [0.05, 0.1) is 29.8 Å². The molecule has 43 heavy (non-hydrogen) atoms. The van der Waals surface area contributed by atoms with Gasteiger partial charge in [0.1, 0.15) is 0 Å². The second kappa shape index (κ2) is 13.2. The van der Waals surface area contributed by atoms with Crippen molar-refractivity contribution in [3.05, 3.63) is 0 Å². The summed E-state index contributed by atoms with van der Waals surface area (Å²) < 4.78 is 241. The molecule has 0 fully saturated rings. The lowest BCUT2D eigenvalue weighted by atomic mass is 9.69. The molecule has 0 saturated heterocycles. The maximum atomic E-state index is 13.9. The summed E-state index contributed by atoms with van der Waals surface area (Å²) in [5, 5.41) is 9.79. The summed E-state index contributed by atoms with van der Waals surface area (Å²) in [7, 11) is 0. The van der Waals surface area contributed by atoms with Gasteiger partial charge < -0.3 is 5.11 Å². The van der Waals surface area contributed by atoms with E-state index in [4.69, 9.17) is 0 Å². The van der Waals surface area contributed by atoms with Crippen molar-refractivity contribution in [1.82, 2.24) is 0 Å². The Hall–Kier alpha value is -1.30. The summed E-state index contributed by atoms with van der Waals surface area (Å²) in [6, 6.07) is 0. The van der Waals surface area contributed by atoms with Gasteiger partial charge in [-0.2, -0.15) is 65.9 Å². The molecule has 0 aromatic rings. The van der Waals surface area contributed by atoms with Gasteiger partial charge in [-0.25, -0.2) is 13.2 Å². The van der Waals surface area contributed by atoms with E-state index in [2.05, 4.69) is 0 Å². The van der Waals surface area contributed by atoms with Gasteiger partial charge in [0.2, 0.25) is 0 Å². The maximum absolute atomic E-state index is 13.9. The predicted molar refractivity (Wildman–Crippen MR) is 117 cm³/mol. The highest BCUT2D eigenvalue weighted by molar-refractivity contribution is 4.98. The van der Waals surface area contributed by atoms with Gasteiger partial charge in [-0.1, -0.05) is 13.8 Å². The van der Waals surface area contributed by atoms with Crippen LogP contribution in [0.25, 0.3) is 0 Å². The van der Waals surface area contributed by atoms with E-state index in [1.165, 1.54) is 13.8 Å². The average molecular weight is 678 g/mol. The fourth-order valence-corrected chi connectivity index (χ4v) is 4.52. The van der Waals surface area contributed by atoms with E-state index in [-0.39, 0.29) is 6.42 Å². The van der Waals surface area contributed by atoms with E-state index < -0.39 is 116 Å². The Kier molecular flexibility index (Phi) is 12.8. The standard InChI is InChI=1S/C24H32F18O/c1-16(2,8-9-17(3,4)43)15(22(34,35)36)11-14(21(31,32)33)10-13(20(28,29)30)6-5-7-18(25,26)12-19(27,23(37,38)39)24(40,41)42/h13-15,43H,5-12H2,1-4H3. The molecule has 0 bridgehead atoms. The summed E-state index contributed by atoms with van der Waals surface area (Å²) in [5.41, 5.74) is -10.1. The van der Waals surface area contributed by atoms with E-state index in [9.17, 15) is 84.1 Å². The lowest BCUT2D eigenvalue weighted by Crippen LogP contribution is -2.56. The van der Waals surface area contributed by atoms with Crippen LogP contribution in [0.1, 0.15) is 79.1 Å². The first kappa shape index (κ1) is 41.7. The maximum Gasteiger partial charge on any atom is 0.431 e.